The standard InChI is InChI=1S/C14H15NO4/c1-9(5-4-8-12(16)17)15-13(18)10-6-2-3-7-11(10)14(15)19/h2-3,6-7,9H,4-5,8H2,1H3,(H,16,17)/t9-/m1/s1. The number of benzene rings is 1. The number of carbonyl (C=O) groups excluding carboxylic acids is 2. The Bertz CT molecular complexity index is 503. The van der Waals surface area contributed by atoms with Crippen molar-refractivity contribution in [3.63, 3.8) is 0 Å². The van der Waals surface area contributed by atoms with Crippen molar-refractivity contribution in [1.82, 2.24) is 4.90 Å². The second-order valence-corrected chi connectivity index (χ2v) is 4.66. The van der Waals surface area contributed by atoms with Gasteiger partial charge in [0.05, 0.1) is 11.1 Å². The van der Waals surface area contributed by atoms with E-state index in [1.54, 1.807) is 31.2 Å². The Morgan fingerprint density at radius 2 is 1.74 bits per heavy atom. The first kappa shape index (κ1) is 13.3. The van der Waals surface area contributed by atoms with Crippen LogP contribution in [0.2, 0.25) is 0 Å². The molecule has 0 saturated heterocycles. The average Bonchev–Trinajstić information content (AvgIpc) is 2.62. The molecule has 0 unspecified atom stereocenters. The summed E-state index contributed by atoms with van der Waals surface area (Å²) < 4.78 is 0. The Hall–Kier alpha value is -2.17. The van der Waals surface area contributed by atoms with Crippen LogP contribution < -0.4 is 0 Å². The molecule has 1 aliphatic heterocycles. The first-order valence-corrected chi connectivity index (χ1v) is 6.21. The van der Waals surface area contributed by atoms with E-state index in [9.17, 15) is 14.4 Å². The molecule has 1 aliphatic rings. The summed E-state index contributed by atoms with van der Waals surface area (Å²) in [7, 11) is 0. The molecule has 1 aromatic rings. The molecule has 0 spiro atoms. The smallest absolute Gasteiger partial charge is 0.303 e. The molecule has 0 aliphatic carbocycles. The second kappa shape index (κ2) is 5.22. The Balaban J connectivity index is 2.09. The van der Waals surface area contributed by atoms with Crippen molar-refractivity contribution in [2.45, 2.75) is 32.2 Å². The lowest BCUT2D eigenvalue weighted by Gasteiger charge is -2.22. The summed E-state index contributed by atoms with van der Waals surface area (Å²) in [6, 6.07) is 6.44. The molecule has 100 valence electrons. The molecular formula is C14H15NO4. The normalized spacial score (nSPS) is 15.5. The molecular weight excluding hydrogens is 246 g/mol. The Morgan fingerprint density at radius 1 is 1.21 bits per heavy atom. The van der Waals surface area contributed by atoms with E-state index < -0.39 is 5.97 Å². The van der Waals surface area contributed by atoms with Gasteiger partial charge in [0, 0.05) is 12.5 Å². The molecule has 2 rings (SSSR count). The molecule has 19 heavy (non-hydrogen) atoms. The van der Waals surface area contributed by atoms with E-state index in [1.165, 1.54) is 4.90 Å². The number of nitrogens with zero attached hydrogens (tertiary/aromatic N) is 1. The number of fused-ring (bicyclic) bond motifs is 1. The van der Waals surface area contributed by atoms with Crippen molar-refractivity contribution in [2.75, 3.05) is 0 Å². The lowest BCUT2D eigenvalue weighted by atomic mass is 10.1. The van der Waals surface area contributed by atoms with Crippen LogP contribution in [0.25, 0.3) is 0 Å². The number of carboxylic acid groups (broad SMARTS) is 1. The fourth-order valence-corrected chi connectivity index (χ4v) is 2.29. The third-order valence-corrected chi connectivity index (χ3v) is 3.28. The van der Waals surface area contributed by atoms with Crippen molar-refractivity contribution < 1.29 is 19.5 Å². The maximum Gasteiger partial charge on any atom is 0.303 e. The lowest BCUT2D eigenvalue weighted by molar-refractivity contribution is -0.137. The number of rotatable bonds is 5. The Kier molecular flexibility index (Phi) is 3.64. The third kappa shape index (κ3) is 2.50. The molecule has 0 radical (unpaired) electrons. The molecule has 5 nitrogen and oxygen atoms in total. The van der Waals surface area contributed by atoms with Crippen LogP contribution in [0.15, 0.2) is 24.3 Å². The summed E-state index contributed by atoms with van der Waals surface area (Å²) in [5.41, 5.74) is 0.857. The Morgan fingerprint density at radius 3 is 2.21 bits per heavy atom. The van der Waals surface area contributed by atoms with E-state index in [2.05, 4.69) is 0 Å². The molecule has 1 atom stereocenters. The minimum Gasteiger partial charge on any atom is -0.481 e. The molecule has 0 fully saturated rings. The lowest BCUT2D eigenvalue weighted by Crippen LogP contribution is -2.38. The van der Waals surface area contributed by atoms with Crippen LogP contribution in [0.5, 0.6) is 0 Å². The van der Waals surface area contributed by atoms with Crippen molar-refractivity contribution in [2.24, 2.45) is 0 Å². The number of carbonyl (C=O) groups is 3. The van der Waals surface area contributed by atoms with Gasteiger partial charge in [0.1, 0.15) is 0 Å². The van der Waals surface area contributed by atoms with Gasteiger partial charge in [-0.1, -0.05) is 12.1 Å². The SMILES string of the molecule is C[C@H](CCCC(=O)O)N1C(=O)c2ccccc2C1=O. The largest absolute Gasteiger partial charge is 0.481 e. The van der Waals surface area contributed by atoms with Crippen LogP contribution >= 0.6 is 0 Å². The van der Waals surface area contributed by atoms with Gasteiger partial charge in [-0.2, -0.15) is 0 Å². The number of imide groups is 1. The predicted octanol–water partition coefficient (Wildman–Crippen LogP) is 1.93. The zero-order chi connectivity index (χ0) is 14.0. The monoisotopic (exact) mass is 261 g/mol. The summed E-state index contributed by atoms with van der Waals surface area (Å²) in [4.78, 5) is 36.0. The van der Waals surface area contributed by atoms with E-state index in [1.807, 2.05) is 0 Å². The summed E-state index contributed by atoms with van der Waals surface area (Å²) in [5, 5.41) is 8.59. The highest BCUT2D eigenvalue weighted by Crippen LogP contribution is 2.25. The van der Waals surface area contributed by atoms with E-state index in [4.69, 9.17) is 5.11 Å². The van der Waals surface area contributed by atoms with Gasteiger partial charge < -0.3 is 5.11 Å². The predicted molar refractivity (Wildman–Crippen MR) is 67.9 cm³/mol. The van der Waals surface area contributed by atoms with Gasteiger partial charge in [0.25, 0.3) is 11.8 Å². The van der Waals surface area contributed by atoms with E-state index >= 15 is 0 Å². The fraction of sp³-hybridized carbons (Fsp3) is 0.357. The second-order valence-electron chi connectivity index (χ2n) is 4.66. The fourth-order valence-electron chi connectivity index (χ4n) is 2.29. The van der Waals surface area contributed by atoms with Gasteiger partial charge in [-0.05, 0) is 31.9 Å². The highest BCUT2D eigenvalue weighted by atomic mass is 16.4. The van der Waals surface area contributed by atoms with Gasteiger partial charge in [0.2, 0.25) is 0 Å². The number of hydrogen-bond acceptors (Lipinski definition) is 3. The number of amides is 2. The number of hydrogen-bond donors (Lipinski definition) is 1. The molecule has 1 N–H and O–H groups in total. The molecule has 1 heterocycles. The minimum absolute atomic E-state index is 0.0491. The van der Waals surface area contributed by atoms with E-state index in [0.29, 0.717) is 24.0 Å². The maximum absolute atomic E-state index is 12.1. The van der Waals surface area contributed by atoms with E-state index in [0.717, 1.165) is 0 Å². The summed E-state index contributed by atoms with van der Waals surface area (Å²) in [6.45, 7) is 1.77. The summed E-state index contributed by atoms with van der Waals surface area (Å²) >= 11 is 0. The first-order valence-electron chi connectivity index (χ1n) is 6.21. The van der Waals surface area contributed by atoms with Gasteiger partial charge in [-0.25, -0.2) is 0 Å². The Labute approximate surface area is 110 Å². The molecule has 0 saturated carbocycles. The highest BCUT2D eigenvalue weighted by Gasteiger charge is 2.37. The van der Waals surface area contributed by atoms with Crippen molar-refractivity contribution in [3.05, 3.63) is 35.4 Å². The van der Waals surface area contributed by atoms with Gasteiger partial charge >= 0.3 is 5.97 Å². The van der Waals surface area contributed by atoms with Crippen molar-refractivity contribution in [3.8, 4) is 0 Å². The molecule has 2 amide bonds. The van der Waals surface area contributed by atoms with Crippen LogP contribution in [0.3, 0.4) is 0 Å². The maximum atomic E-state index is 12.1. The third-order valence-electron chi connectivity index (χ3n) is 3.28. The van der Waals surface area contributed by atoms with Crippen LogP contribution in [0, 0.1) is 0 Å². The average molecular weight is 261 g/mol. The quantitative estimate of drug-likeness (QED) is 0.822. The first-order chi connectivity index (χ1) is 9.02. The molecule has 0 bridgehead atoms. The zero-order valence-corrected chi connectivity index (χ0v) is 10.6. The van der Waals surface area contributed by atoms with Crippen LogP contribution in [-0.4, -0.2) is 33.8 Å². The van der Waals surface area contributed by atoms with Gasteiger partial charge in [-0.3, -0.25) is 19.3 Å². The molecule has 0 aromatic heterocycles. The zero-order valence-electron chi connectivity index (χ0n) is 10.6. The highest BCUT2D eigenvalue weighted by molar-refractivity contribution is 6.21. The topological polar surface area (TPSA) is 74.7 Å². The number of aliphatic carboxylic acids is 1. The minimum atomic E-state index is -0.866. The van der Waals surface area contributed by atoms with Crippen molar-refractivity contribution in [1.29, 1.82) is 0 Å². The number of carboxylic acids is 1. The molecule has 1 aromatic carbocycles. The van der Waals surface area contributed by atoms with Gasteiger partial charge in [0.15, 0.2) is 0 Å². The molecule has 5 heteroatoms. The van der Waals surface area contributed by atoms with Crippen molar-refractivity contribution >= 4 is 17.8 Å². The van der Waals surface area contributed by atoms with Gasteiger partial charge in [-0.15, -0.1) is 0 Å². The van der Waals surface area contributed by atoms with Crippen LogP contribution in [0.4, 0.5) is 0 Å². The van der Waals surface area contributed by atoms with Crippen LogP contribution in [-0.2, 0) is 4.79 Å². The summed E-state index contributed by atoms with van der Waals surface area (Å²) in [6.07, 6.45) is 0.995. The van der Waals surface area contributed by atoms with E-state index in [-0.39, 0.29) is 24.3 Å². The van der Waals surface area contributed by atoms with Crippen LogP contribution in [0.1, 0.15) is 46.9 Å². The summed E-state index contributed by atoms with van der Waals surface area (Å²) in [5.74, 6) is -1.44.